The van der Waals surface area contributed by atoms with Crippen LogP contribution < -0.4 is 4.74 Å². The van der Waals surface area contributed by atoms with E-state index in [1.54, 1.807) is 0 Å². The average Bonchev–Trinajstić information content (AvgIpc) is 2.26. The van der Waals surface area contributed by atoms with Gasteiger partial charge in [0, 0.05) is 0 Å². The zero-order chi connectivity index (χ0) is 9.38. The maximum Gasteiger partial charge on any atom is 0.122 e. The molecular formula is C13H16O. The standard InChI is InChI=1S/C13H16O/c1-3-7-12-10(5-1)9-11-6-2-4-8-13(11)14-12/h1,3,5,7,11,13H,2,4,6,8-9H2/t11-,13+/m1/s1. The smallest absolute Gasteiger partial charge is 0.122 e. The lowest BCUT2D eigenvalue weighted by Gasteiger charge is -2.36. The SMILES string of the molecule is c1ccc2c(c1)C[C@H]1CCCC[C@@H]1O2. The molecule has 14 heavy (non-hydrogen) atoms. The van der Waals surface area contributed by atoms with Crippen LogP contribution in [0.4, 0.5) is 0 Å². The first kappa shape index (κ1) is 8.34. The van der Waals surface area contributed by atoms with Crippen molar-refractivity contribution in [3.63, 3.8) is 0 Å². The Morgan fingerprint density at radius 3 is 2.93 bits per heavy atom. The summed E-state index contributed by atoms with van der Waals surface area (Å²) in [6.45, 7) is 0. The second-order valence-corrected chi connectivity index (χ2v) is 4.51. The molecule has 1 heterocycles. The molecule has 1 fully saturated rings. The van der Waals surface area contributed by atoms with Gasteiger partial charge in [0.2, 0.25) is 0 Å². The van der Waals surface area contributed by atoms with E-state index in [1.807, 2.05) is 0 Å². The quantitative estimate of drug-likeness (QED) is 0.607. The van der Waals surface area contributed by atoms with Gasteiger partial charge in [-0.15, -0.1) is 0 Å². The number of para-hydroxylation sites is 1. The van der Waals surface area contributed by atoms with Crippen molar-refractivity contribution in [1.29, 1.82) is 0 Å². The summed E-state index contributed by atoms with van der Waals surface area (Å²) in [5, 5.41) is 0. The number of ether oxygens (including phenoxy) is 1. The normalized spacial score (nSPS) is 30.0. The van der Waals surface area contributed by atoms with Gasteiger partial charge >= 0.3 is 0 Å². The van der Waals surface area contributed by atoms with Crippen LogP contribution in [0.3, 0.4) is 0 Å². The Bertz CT molecular complexity index is 299. The highest BCUT2D eigenvalue weighted by molar-refractivity contribution is 5.35. The van der Waals surface area contributed by atoms with Crippen LogP contribution in [0.15, 0.2) is 24.3 Å². The van der Waals surface area contributed by atoms with Gasteiger partial charge in [-0.05, 0) is 43.2 Å². The summed E-state index contributed by atoms with van der Waals surface area (Å²) in [6, 6.07) is 8.51. The fraction of sp³-hybridized carbons (Fsp3) is 0.538. The zero-order valence-corrected chi connectivity index (χ0v) is 8.41. The van der Waals surface area contributed by atoms with Crippen molar-refractivity contribution in [2.45, 2.75) is 38.2 Å². The minimum Gasteiger partial charge on any atom is -0.490 e. The molecule has 0 aromatic heterocycles. The number of hydrogen-bond donors (Lipinski definition) is 0. The van der Waals surface area contributed by atoms with Gasteiger partial charge in [-0.3, -0.25) is 0 Å². The van der Waals surface area contributed by atoms with Gasteiger partial charge in [0.25, 0.3) is 0 Å². The predicted molar refractivity (Wildman–Crippen MR) is 56.5 cm³/mol. The fourth-order valence-corrected chi connectivity index (χ4v) is 2.80. The first-order valence-electron chi connectivity index (χ1n) is 5.68. The van der Waals surface area contributed by atoms with E-state index in [4.69, 9.17) is 4.74 Å². The van der Waals surface area contributed by atoms with E-state index in [9.17, 15) is 0 Å². The molecule has 0 bridgehead atoms. The summed E-state index contributed by atoms with van der Waals surface area (Å²) >= 11 is 0. The highest BCUT2D eigenvalue weighted by Gasteiger charge is 2.31. The third kappa shape index (κ3) is 1.31. The van der Waals surface area contributed by atoms with E-state index in [1.165, 1.54) is 37.7 Å². The summed E-state index contributed by atoms with van der Waals surface area (Å²) in [5.41, 5.74) is 1.41. The zero-order valence-electron chi connectivity index (χ0n) is 8.41. The summed E-state index contributed by atoms with van der Waals surface area (Å²) in [4.78, 5) is 0. The molecule has 1 aliphatic heterocycles. The largest absolute Gasteiger partial charge is 0.490 e. The van der Waals surface area contributed by atoms with Gasteiger partial charge in [-0.1, -0.05) is 24.6 Å². The van der Waals surface area contributed by atoms with Gasteiger partial charge < -0.3 is 4.74 Å². The monoisotopic (exact) mass is 188 g/mol. The molecule has 2 aliphatic rings. The van der Waals surface area contributed by atoms with E-state index < -0.39 is 0 Å². The molecule has 0 unspecified atom stereocenters. The van der Waals surface area contributed by atoms with Crippen LogP contribution in [0.25, 0.3) is 0 Å². The Hall–Kier alpha value is -0.980. The van der Waals surface area contributed by atoms with Crippen LogP contribution >= 0.6 is 0 Å². The number of hydrogen-bond acceptors (Lipinski definition) is 1. The van der Waals surface area contributed by atoms with Crippen molar-refractivity contribution in [3.05, 3.63) is 29.8 Å². The number of fused-ring (bicyclic) bond motifs is 2. The Labute approximate surface area is 85.1 Å². The Kier molecular flexibility index (Phi) is 1.97. The van der Waals surface area contributed by atoms with Crippen LogP contribution in [0.2, 0.25) is 0 Å². The summed E-state index contributed by atoms with van der Waals surface area (Å²) in [5.74, 6) is 1.93. The van der Waals surface area contributed by atoms with Crippen LogP contribution in [0.5, 0.6) is 5.75 Å². The van der Waals surface area contributed by atoms with E-state index >= 15 is 0 Å². The number of benzene rings is 1. The summed E-state index contributed by atoms with van der Waals surface area (Å²) in [7, 11) is 0. The van der Waals surface area contributed by atoms with Gasteiger partial charge in [0.1, 0.15) is 11.9 Å². The van der Waals surface area contributed by atoms with Gasteiger partial charge in [-0.25, -0.2) is 0 Å². The molecule has 0 amide bonds. The lowest BCUT2D eigenvalue weighted by atomic mass is 9.80. The summed E-state index contributed by atoms with van der Waals surface area (Å²) in [6.07, 6.45) is 7.12. The fourth-order valence-electron chi connectivity index (χ4n) is 2.80. The minimum absolute atomic E-state index is 0.513. The lowest BCUT2D eigenvalue weighted by Crippen LogP contribution is -2.35. The molecule has 0 N–H and O–H groups in total. The Balaban J connectivity index is 1.91. The molecule has 3 rings (SSSR count). The maximum atomic E-state index is 6.04. The van der Waals surface area contributed by atoms with Crippen LogP contribution in [-0.4, -0.2) is 6.10 Å². The molecule has 74 valence electrons. The minimum atomic E-state index is 0.513. The molecule has 1 heteroatoms. The molecule has 1 aromatic rings. The summed E-state index contributed by atoms with van der Waals surface area (Å²) < 4.78 is 6.04. The van der Waals surface area contributed by atoms with Crippen molar-refractivity contribution >= 4 is 0 Å². The lowest BCUT2D eigenvalue weighted by molar-refractivity contribution is 0.0752. The van der Waals surface area contributed by atoms with Crippen molar-refractivity contribution in [1.82, 2.24) is 0 Å². The van der Waals surface area contributed by atoms with E-state index in [0.717, 1.165) is 11.7 Å². The molecule has 1 saturated carbocycles. The van der Waals surface area contributed by atoms with Crippen molar-refractivity contribution in [2.75, 3.05) is 0 Å². The topological polar surface area (TPSA) is 9.23 Å². The Morgan fingerprint density at radius 2 is 1.93 bits per heavy atom. The number of rotatable bonds is 0. The van der Waals surface area contributed by atoms with Gasteiger partial charge in [0.15, 0.2) is 0 Å². The van der Waals surface area contributed by atoms with Crippen molar-refractivity contribution in [3.8, 4) is 5.75 Å². The molecule has 1 aliphatic carbocycles. The third-order valence-electron chi connectivity index (χ3n) is 3.57. The van der Waals surface area contributed by atoms with Crippen LogP contribution in [-0.2, 0) is 6.42 Å². The molecule has 2 atom stereocenters. The Morgan fingerprint density at radius 1 is 1.07 bits per heavy atom. The molecule has 0 radical (unpaired) electrons. The molecule has 0 saturated heterocycles. The second kappa shape index (κ2) is 3.30. The van der Waals surface area contributed by atoms with Gasteiger partial charge in [-0.2, -0.15) is 0 Å². The maximum absolute atomic E-state index is 6.04. The highest BCUT2D eigenvalue weighted by Crippen LogP contribution is 2.37. The average molecular weight is 188 g/mol. The van der Waals surface area contributed by atoms with Crippen molar-refractivity contribution < 1.29 is 4.74 Å². The van der Waals surface area contributed by atoms with E-state index in [2.05, 4.69) is 24.3 Å². The first-order valence-corrected chi connectivity index (χ1v) is 5.68. The molecular weight excluding hydrogens is 172 g/mol. The second-order valence-electron chi connectivity index (χ2n) is 4.51. The van der Waals surface area contributed by atoms with E-state index in [-0.39, 0.29) is 0 Å². The molecule has 1 nitrogen and oxygen atoms in total. The third-order valence-corrected chi connectivity index (χ3v) is 3.57. The van der Waals surface area contributed by atoms with Crippen LogP contribution in [0.1, 0.15) is 31.2 Å². The van der Waals surface area contributed by atoms with Crippen LogP contribution in [0, 0.1) is 5.92 Å². The predicted octanol–water partition coefficient (Wildman–Crippen LogP) is 3.18. The molecule has 1 aromatic carbocycles. The molecule has 0 spiro atoms. The first-order chi connectivity index (χ1) is 6.93. The highest BCUT2D eigenvalue weighted by atomic mass is 16.5. The van der Waals surface area contributed by atoms with Crippen molar-refractivity contribution in [2.24, 2.45) is 5.92 Å². The van der Waals surface area contributed by atoms with Gasteiger partial charge in [0.05, 0.1) is 0 Å². The van der Waals surface area contributed by atoms with E-state index in [0.29, 0.717) is 6.10 Å².